The van der Waals surface area contributed by atoms with Crippen molar-refractivity contribution < 1.29 is 5.11 Å². The first-order chi connectivity index (χ1) is 10.3. The molecule has 2 N–H and O–H groups in total. The first kappa shape index (κ1) is 14.9. The average Bonchev–Trinajstić information content (AvgIpc) is 3.16. The number of aryl methyl sites for hydroxylation is 1. The van der Waals surface area contributed by atoms with Crippen molar-refractivity contribution in [3.63, 3.8) is 0 Å². The van der Waals surface area contributed by atoms with Crippen LogP contribution in [0.15, 0.2) is 18.2 Å². The summed E-state index contributed by atoms with van der Waals surface area (Å²) in [6.45, 7) is 4.18. The summed E-state index contributed by atoms with van der Waals surface area (Å²) in [6.07, 6.45) is 7.87. The van der Waals surface area contributed by atoms with E-state index in [1.165, 1.54) is 55.3 Å². The van der Waals surface area contributed by atoms with Gasteiger partial charge in [-0.3, -0.25) is 0 Å². The van der Waals surface area contributed by atoms with Crippen molar-refractivity contribution in [3.8, 4) is 0 Å². The van der Waals surface area contributed by atoms with Gasteiger partial charge in [-0.25, -0.2) is 0 Å². The van der Waals surface area contributed by atoms with Crippen molar-refractivity contribution in [2.45, 2.75) is 64.1 Å². The van der Waals surface area contributed by atoms with E-state index < -0.39 is 0 Å². The van der Waals surface area contributed by atoms with E-state index in [2.05, 4.69) is 35.3 Å². The number of hydrogen-bond donors (Lipinski definition) is 2. The Morgan fingerprint density at radius 2 is 1.95 bits per heavy atom. The van der Waals surface area contributed by atoms with E-state index in [0.29, 0.717) is 6.04 Å². The third-order valence-electron chi connectivity index (χ3n) is 4.92. The monoisotopic (exact) mass is 288 g/mol. The van der Waals surface area contributed by atoms with Crippen molar-refractivity contribution in [1.29, 1.82) is 0 Å². The van der Waals surface area contributed by atoms with Gasteiger partial charge in [-0.2, -0.15) is 0 Å². The molecule has 0 aliphatic heterocycles. The third-order valence-corrected chi connectivity index (χ3v) is 4.92. The van der Waals surface area contributed by atoms with Gasteiger partial charge in [0.25, 0.3) is 0 Å². The number of hydrogen-bond acceptors (Lipinski definition) is 3. The van der Waals surface area contributed by atoms with Crippen LogP contribution in [0.4, 0.5) is 5.69 Å². The molecule has 2 aliphatic rings. The van der Waals surface area contributed by atoms with Gasteiger partial charge in [-0.15, -0.1) is 0 Å². The molecule has 2 fully saturated rings. The third kappa shape index (κ3) is 3.78. The number of aliphatic hydroxyl groups is 1. The van der Waals surface area contributed by atoms with Gasteiger partial charge in [0, 0.05) is 30.9 Å². The van der Waals surface area contributed by atoms with Crippen LogP contribution < -0.4 is 10.2 Å². The van der Waals surface area contributed by atoms with Crippen molar-refractivity contribution in [2.24, 2.45) is 0 Å². The van der Waals surface area contributed by atoms with Crippen molar-refractivity contribution in [2.75, 3.05) is 18.1 Å². The zero-order valence-corrected chi connectivity index (χ0v) is 13.1. The quantitative estimate of drug-likeness (QED) is 0.809. The minimum atomic E-state index is 0.237. The second-order valence-corrected chi connectivity index (χ2v) is 6.62. The minimum Gasteiger partial charge on any atom is -0.395 e. The Balaban J connectivity index is 1.71. The fourth-order valence-corrected chi connectivity index (χ4v) is 3.44. The summed E-state index contributed by atoms with van der Waals surface area (Å²) in [4.78, 5) is 2.41. The van der Waals surface area contributed by atoms with Crippen molar-refractivity contribution in [1.82, 2.24) is 5.32 Å². The lowest BCUT2D eigenvalue weighted by Gasteiger charge is -2.31. The first-order valence-electron chi connectivity index (χ1n) is 8.48. The molecule has 0 unspecified atom stereocenters. The largest absolute Gasteiger partial charge is 0.395 e. The van der Waals surface area contributed by atoms with E-state index in [4.69, 9.17) is 0 Å². The molecule has 0 atom stereocenters. The van der Waals surface area contributed by atoms with Gasteiger partial charge in [0.2, 0.25) is 0 Å². The molecule has 0 radical (unpaired) electrons. The molecule has 1 aromatic rings. The number of anilines is 1. The average molecular weight is 288 g/mol. The van der Waals surface area contributed by atoms with Gasteiger partial charge in [-0.1, -0.05) is 18.9 Å². The molecule has 2 saturated carbocycles. The maximum absolute atomic E-state index is 9.38. The minimum absolute atomic E-state index is 0.237. The molecule has 2 aliphatic carbocycles. The Labute approximate surface area is 128 Å². The van der Waals surface area contributed by atoms with Crippen LogP contribution in [0.2, 0.25) is 0 Å². The number of aliphatic hydroxyl groups excluding tert-OH is 1. The molecule has 0 bridgehead atoms. The summed E-state index contributed by atoms with van der Waals surface area (Å²) in [5.74, 6) is 0. The van der Waals surface area contributed by atoms with Crippen molar-refractivity contribution in [3.05, 3.63) is 29.3 Å². The zero-order valence-electron chi connectivity index (χ0n) is 13.1. The van der Waals surface area contributed by atoms with Gasteiger partial charge in [-0.05, 0) is 55.9 Å². The van der Waals surface area contributed by atoms with Crippen LogP contribution in [0.5, 0.6) is 0 Å². The topological polar surface area (TPSA) is 35.5 Å². The highest BCUT2D eigenvalue weighted by Gasteiger charge is 2.23. The van der Waals surface area contributed by atoms with Gasteiger partial charge >= 0.3 is 0 Å². The van der Waals surface area contributed by atoms with Gasteiger partial charge in [0.15, 0.2) is 0 Å². The van der Waals surface area contributed by atoms with Gasteiger partial charge < -0.3 is 15.3 Å². The van der Waals surface area contributed by atoms with Crippen LogP contribution in [0, 0.1) is 6.92 Å². The van der Waals surface area contributed by atoms with E-state index in [9.17, 15) is 5.11 Å². The highest BCUT2D eigenvalue weighted by molar-refractivity contribution is 5.52. The molecule has 116 valence electrons. The van der Waals surface area contributed by atoms with Crippen LogP contribution in [0.25, 0.3) is 0 Å². The van der Waals surface area contributed by atoms with Crippen molar-refractivity contribution >= 4 is 5.69 Å². The second-order valence-electron chi connectivity index (χ2n) is 6.62. The standard InChI is InChI=1S/C18H28N2O/c1-14-12-18(9-6-15(14)13-19-16-7-8-16)20(10-11-21)17-4-2-3-5-17/h6,9,12,16-17,19,21H,2-5,7-8,10-11,13H2,1H3. The fraction of sp³-hybridized carbons (Fsp3) is 0.667. The number of nitrogens with one attached hydrogen (secondary N) is 1. The Kier molecular flexibility index (Phi) is 4.81. The summed E-state index contributed by atoms with van der Waals surface area (Å²) in [7, 11) is 0. The molecule has 1 aromatic carbocycles. The Morgan fingerprint density at radius 3 is 2.57 bits per heavy atom. The van der Waals surface area contributed by atoms with Crippen LogP contribution >= 0.6 is 0 Å². The Hall–Kier alpha value is -1.06. The summed E-state index contributed by atoms with van der Waals surface area (Å²) in [5.41, 5.74) is 4.05. The second kappa shape index (κ2) is 6.80. The summed E-state index contributed by atoms with van der Waals surface area (Å²) >= 11 is 0. The lowest BCUT2D eigenvalue weighted by Crippen LogP contribution is -2.35. The molecule has 21 heavy (non-hydrogen) atoms. The highest BCUT2D eigenvalue weighted by atomic mass is 16.3. The normalized spacial score (nSPS) is 19.1. The van der Waals surface area contributed by atoms with E-state index >= 15 is 0 Å². The van der Waals surface area contributed by atoms with Crippen LogP contribution in [0.3, 0.4) is 0 Å². The summed E-state index contributed by atoms with van der Waals surface area (Å²) in [5, 5.41) is 13.0. The van der Waals surface area contributed by atoms with E-state index in [1.54, 1.807) is 0 Å². The molecular formula is C18H28N2O. The maximum atomic E-state index is 9.38. The summed E-state index contributed by atoms with van der Waals surface area (Å²) < 4.78 is 0. The predicted molar refractivity (Wildman–Crippen MR) is 87.7 cm³/mol. The molecule has 3 rings (SSSR count). The number of nitrogens with zero attached hydrogens (tertiary/aromatic N) is 1. The molecule has 0 spiro atoms. The maximum Gasteiger partial charge on any atom is 0.0606 e. The van der Waals surface area contributed by atoms with Crippen LogP contribution in [0.1, 0.15) is 49.7 Å². The van der Waals surface area contributed by atoms with E-state index in [0.717, 1.165) is 19.1 Å². The lowest BCUT2D eigenvalue weighted by atomic mass is 10.1. The van der Waals surface area contributed by atoms with E-state index in [-0.39, 0.29) is 6.61 Å². The van der Waals surface area contributed by atoms with Crippen LogP contribution in [-0.4, -0.2) is 30.3 Å². The molecule has 3 heteroatoms. The molecule has 0 amide bonds. The van der Waals surface area contributed by atoms with Crippen LogP contribution in [-0.2, 0) is 6.54 Å². The molecular weight excluding hydrogens is 260 g/mol. The smallest absolute Gasteiger partial charge is 0.0606 e. The predicted octanol–water partition coefficient (Wildman–Crippen LogP) is 2.99. The molecule has 0 saturated heterocycles. The fourth-order valence-electron chi connectivity index (χ4n) is 3.44. The van der Waals surface area contributed by atoms with Gasteiger partial charge in [0.05, 0.1) is 6.61 Å². The number of rotatable bonds is 7. The SMILES string of the molecule is Cc1cc(N(CCO)C2CCCC2)ccc1CNC1CC1. The first-order valence-corrected chi connectivity index (χ1v) is 8.48. The lowest BCUT2D eigenvalue weighted by molar-refractivity contribution is 0.297. The highest BCUT2D eigenvalue weighted by Crippen LogP contribution is 2.29. The Bertz CT molecular complexity index is 464. The molecule has 0 aromatic heterocycles. The zero-order chi connectivity index (χ0) is 14.7. The van der Waals surface area contributed by atoms with E-state index in [1.807, 2.05) is 0 Å². The van der Waals surface area contributed by atoms with Gasteiger partial charge in [0.1, 0.15) is 0 Å². The summed E-state index contributed by atoms with van der Waals surface area (Å²) in [6, 6.07) is 8.18. The molecule has 0 heterocycles. The molecule has 3 nitrogen and oxygen atoms in total. The number of benzene rings is 1. The Morgan fingerprint density at radius 1 is 1.19 bits per heavy atom.